The zero-order valence-electron chi connectivity index (χ0n) is 10.4. The molecule has 1 nitrogen and oxygen atoms in total. The highest BCUT2D eigenvalue weighted by Crippen LogP contribution is 2.28. The summed E-state index contributed by atoms with van der Waals surface area (Å²) in [6.45, 7) is 7.71. The fourth-order valence-electron chi connectivity index (χ4n) is 1.76. The minimum absolute atomic E-state index is 0.655. The molecule has 0 heterocycles. The topological polar surface area (TPSA) is 12.0 Å². The molecule has 0 amide bonds. The van der Waals surface area contributed by atoms with Crippen molar-refractivity contribution in [3.63, 3.8) is 0 Å². The van der Waals surface area contributed by atoms with E-state index < -0.39 is 0 Å². The van der Waals surface area contributed by atoms with Crippen LogP contribution in [-0.4, -0.2) is 11.3 Å². The van der Waals surface area contributed by atoms with Crippen molar-refractivity contribution in [1.82, 2.24) is 5.32 Å². The number of rotatable bonds is 5. The van der Waals surface area contributed by atoms with Gasteiger partial charge in [-0.3, -0.25) is 0 Å². The molecule has 2 heteroatoms. The van der Waals surface area contributed by atoms with Crippen molar-refractivity contribution < 1.29 is 0 Å². The molecule has 1 aliphatic rings. The Labute approximate surface area is 103 Å². The van der Waals surface area contributed by atoms with Crippen LogP contribution in [0.4, 0.5) is 0 Å². The molecule has 0 unspecified atom stereocenters. The monoisotopic (exact) mass is 235 g/mol. The van der Waals surface area contributed by atoms with Gasteiger partial charge in [-0.15, -0.1) is 11.8 Å². The van der Waals surface area contributed by atoms with Crippen molar-refractivity contribution in [2.75, 3.05) is 0 Å². The van der Waals surface area contributed by atoms with E-state index >= 15 is 0 Å². The first-order valence-electron chi connectivity index (χ1n) is 6.14. The van der Waals surface area contributed by atoms with Gasteiger partial charge in [0, 0.05) is 22.7 Å². The molecule has 1 aliphatic carbocycles. The number of hydrogen-bond acceptors (Lipinski definition) is 2. The maximum absolute atomic E-state index is 3.60. The molecule has 1 aromatic rings. The normalized spacial score (nSPS) is 15.8. The molecule has 1 N–H and O–H groups in total. The minimum atomic E-state index is 0.655. The van der Waals surface area contributed by atoms with Crippen LogP contribution in [0.15, 0.2) is 23.1 Å². The lowest BCUT2D eigenvalue weighted by Crippen LogP contribution is -2.16. The van der Waals surface area contributed by atoms with E-state index in [-0.39, 0.29) is 0 Å². The summed E-state index contributed by atoms with van der Waals surface area (Å²) in [5, 5.41) is 4.26. The third-order valence-electron chi connectivity index (χ3n) is 2.74. The van der Waals surface area contributed by atoms with E-state index in [1.807, 2.05) is 11.8 Å². The number of nitrogens with one attached hydrogen (secondary N) is 1. The third-order valence-corrected chi connectivity index (χ3v) is 3.86. The highest BCUT2D eigenvalue weighted by molar-refractivity contribution is 8.00. The van der Waals surface area contributed by atoms with Crippen LogP contribution in [0.3, 0.4) is 0 Å². The molecule has 1 saturated carbocycles. The van der Waals surface area contributed by atoms with E-state index in [0.717, 1.165) is 12.6 Å². The summed E-state index contributed by atoms with van der Waals surface area (Å²) in [5.41, 5.74) is 2.83. The van der Waals surface area contributed by atoms with Crippen LogP contribution in [0.2, 0.25) is 0 Å². The van der Waals surface area contributed by atoms with E-state index in [1.54, 1.807) is 0 Å². The molecular weight excluding hydrogens is 214 g/mol. The maximum atomic E-state index is 3.60. The van der Waals surface area contributed by atoms with E-state index in [2.05, 4.69) is 44.3 Å². The second-order valence-corrected chi connectivity index (χ2v) is 6.55. The third kappa shape index (κ3) is 3.53. The number of thioether (sulfide) groups is 1. The smallest absolute Gasteiger partial charge is 0.0219 e. The summed E-state index contributed by atoms with van der Waals surface area (Å²) in [6, 6.07) is 7.59. The zero-order valence-corrected chi connectivity index (χ0v) is 11.2. The van der Waals surface area contributed by atoms with Crippen molar-refractivity contribution in [2.45, 2.75) is 56.3 Å². The van der Waals surface area contributed by atoms with Crippen LogP contribution in [0.1, 0.15) is 37.8 Å². The Hall–Kier alpha value is -0.470. The highest BCUT2D eigenvalue weighted by atomic mass is 32.2. The van der Waals surface area contributed by atoms with Crippen molar-refractivity contribution >= 4 is 11.8 Å². The number of hydrogen-bond donors (Lipinski definition) is 1. The van der Waals surface area contributed by atoms with Gasteiger partial charge in [0.25, 0.3) is 0 Å². The first-order chi connectivity index (χ1) is 7.65. The molecule has 1 aromatic carbocycles. The van der Waals surface area contributed by atoms with Gasteiger partial charge >= 0.3 is 0 Å². The Morgan fingerprint density at radius 2 is 2.12 bits per heavy atom. The van der Waals surface area contributed by atoms with Crippen LogP contribution < -0.4 is 5.32 Å². The van der Waals surface area contributed by atoms with Gasteiger partial charge in [0.05, 0.1) is 0 Å². The Morgan fingerprint density at radius 3 is 2.75 bits per heavy atom. The van der Waals surface area contributed by atoms with Gasteiger partial charge in [-0.2, -0.15) is 0 Å². The van der Waals surface area contributed by atoms with Gasteiger partial charge in [0.1, 0.15) is 0 Å². The fourth-order valence-corrected chi connectivity index (χ4v) is 2.69. The van der Waals surface area contributed by atoms with Crippen molar-refractivity contribution in [3.8, 4) is 0 Å². The van der Waals surface area contributed by atoms with Crippen LogP contribution in [0.5, 0.6) is 0 Å². The van der Waals surface area contributed by atoms with Gasteiger partial charge in [0.15, 0.2) is 0 Å². The lowest BCUT2D eigenvalue weighted by molar-refractivity contribution is 0.680. The molecule has 0 spiro atoms. The number of aryl methyl sites for hydroxylation is 1. The summed E-state index contributed by atoms with van der Waals surface area (Å²) in [5.74, 6) is 0. The van der Waals surface area contributed by atoms with E-state index in [9.17, 15) is 0 Å². The highest BCUT2D eigenvalue weighted by Gasteiger charge is 2.20. The number of benzene rings is 1. The second kappa shape index (κ2) is 5.24. The molecule has 0 saturated heterocycles. The van der Waals surface area contributed by atoms with Gasteiger partial charge < -0.3 is 5.32 Å². The Kier molecular flexibility index (Phi) is 3.93. The molecule has 0 atom stereocenters. The summed E-state index contributed by atoms with van der Waals surface area (Å²) < 4.78 is 0. The van der Waals surface area contributed by atoms with Crippen molar-refractivity contribution in [1.29, 1.82) is 0 Å². The van der Waals surface area contributed by atoms with Crippen molar-refractivity contribution in [2.24, 2.45) is 0 Å². The first-order valence-corrected chi connectivity index (χ1v) is 7.02. The molecule has 16 heavy (non-hydrogen) atoms. The maximum Gasteiger partial charge on any atom is 0.0219 e. The van der Waals surface area contributed by atoms with Gasteiger partial charge in [0.2, 0.25) is 0 Å². The lowest BCUT2D eigenvalue weighted by Gasteiger charge is -2.12. The van der Waals surface area contributed by atoms with E-state index in [4.69, 9.17) is 0 Å². The van der Waals surface area contributed by atoms with Crippen molar-refractivity contribution in [3.05, 3.63) is 29.3 Å². The Balaban J connectivity index is 2.07. The second-order valence-electron chi connectivity index (χ2n) is 4.93. The molecule has 0 bridgehead atoms. The van der Waals surface area contributed by atoms with Crippen LogP contribution >= 0.6 is 11.8 Å². The summed E-state index contributed by atoms with van der Waals surface area (Å²) in [6.07, 6.45) is 2.72. The van der Waals surface area contributed by atoms with Crippen LogP contribution in [0.25, 0.3) is 0 Å². The average molecular weight is 235 g/mol. The Bertz CT molecular complexity index is 356. The summed E-state index contributed by atoms with van der Waals surface area (Å²) in [4.78, 5) is 1.44. The molecule has 0 radical (unpaired) electrons. The fraction of sp³-hybridized carbons (Fsp3) is 0.571. The molecular formula is C14H21NS. The molecule has 0 aliphatic heterocycles. The minimum Gasteiger partial charge on any atom is -0.310 e. The predicted molar refractivity (Wildman–Crippen MR) is 72.0 cm³/mol. The zero-order chi connectivity index (χ0) is 11.5. The standard InChI is InChI=1S/C14H21NS/c1-10(2)16-14-7-4-11(3)8-12(14)9-15-13-5-6-13/h4,7-8,10,13,15H,5-6,9H2,1-3H3. The van der Waals surface area contributed by atoms with Gasteiger partial charge in [-0.25, -0.2) is 0 Å². The summed E-state index contributed by atoms with van der Waals surface area (Å²) in [7, 11) is 0. The van der Waals surface area contributed by atoms with E-state index in [0.29, 0.717) is 5.25 Å². The Morgan fingerprint density at radius 1 is 1.38 bits per heavy atom. The van der Waals surface area contributed by atoms with E-state index in [1.165, 1.54) is 28.9 Å². The van der Waals surface area contributed by atoms with Crippen LogP contribution in [-0.2, 0) is 6.54 Å². The van der Waals surface area contributed by atoms with Gasteiger partial charge in [-0.1, -0.05) is 31.5 Å². The molecule has 2 rings (SSSR count). The molecule has 88 valence electrons. The first kappa shape index (κ1) is 12.0. The van der Waals surface area contributed by atoms with Gasteiger partial charge in [-0.05, 0) is 31.4 Å². The quantitative estimate of drug-likeness (QED) is 0.780. The van der Waals surface area contributed by atoms with Crippen LogP contribution in [0, 0.1) is 6.92 Å². The predicted octanol–water partition coefficient (Wildman–Crippen LogP) is 3.75. The molecule has 0 aromatic heterocycles. The lowest BCUT2D eigenvalue weighted by atomic mass is 10.1. The SMILES string of the molecule is Cc1ccc(SC(C)C)c(CNC2CC2)c1. The summed E-state index contributed by atoms with van der Waals surface area (Å²) >= 11 is 1.97. The molecule has 1 fully saturated rings. The average Bonchev–Trinajstić information content (AvgIpc) is 3.01. The largest absolute Gasteiger partial charge is 0.310 e.